The van der Waals surface area contributed by atoms with Crippen molar-refractivity contribution in [3.8, 4) is 0 Å². The van der Waals surface area contributed by atoms with Crippen molar-refractivity contribution in [2.75, 3.05) is 18.8 Å². The van der Waals surface area contributed by atoms with Gasteiger partial charge in [0, 0.05) is 24.1 Å². The molecule has 100 valence electrons. The quantitative estimate of drug-likeness (QED) is 0.916. The van der Waals surface area contributed by atoms with Gasteiger partial charge < -0.3 is 14.6 Å². The molecule has 1 aromatic heterocycles. The number of hydrogen-bond acceptors (Lipinski definition) is 3. The van der Waals surface area contributed by atoms with E-state index in [4.69, 9.17) is 4.42 Å². The van der Waals surface area contributed by atoms with Crippen molar-refractivity contribution >= 4 is 17.8 Å². The smallest absolute Gasteiger partial charge is 0.317 e. The normalized spacial score (nSPS) is 20.2. The average molecular weight is 268 g/mol. The molecule has 0 saturated carbocycles. The number of carbonyl (C=O) groups excluding carboxylic acids is 1. The van der Waals surface area contributed by atoms with Gasteiger partial charge in [0.15, 0.2) is 0 Å². The standard InChI is InChI=1S/C13H20N2O2S/c1-10(2)12-9-15(5-7-18-12)13(16)14-8-11-4-3-6-17-11/h3-4,6,10,12H,5,7-9H2,1-2H3,(H,14,16)/t12-/m0/s1. The lowest BCUT2D eigenvalue weighted by atomic mass is 10.1. The Hall–Kier alpha value is -1.10. The van der Waals surface area contributed by atoms with Gasteiger partial charge in [0.1, 0.15) is 5.76 Å². The Kier molecular flexibility index (Phi) is 4.58. The number of thioether (sulfide) groups is 1. The van der Waals surface area contributed by atoms with Crippen LogP contribution >= 0.6 is 11.8 Å². The highest BCUT2D eigenvalue weighted by molar-refractivity contribution is 8.00. The second-order valence-corrected chi connectivity index (χ2v) is 6.18. The molecule has 0 aliphatic carbocycles. The first-order chi connectivity index (χ1) is 8.66. The molecule has 4 nitrogen and oxygen atoms in total. The molecule has 1 saturated heterocycles. The van der Waals surface area contributed by atoms with Gasteiger partial charge in [-0.3, -0.25) is 0 Å². The lowest BCUT2D eigenvalue weighted by Gasteiger charge is -2.34. The molecular weight excluding hydrogens is 248 g/mol. The van der Waals surface area contributed by atoms with E-state index in [-0.39, 0.29) is 6.03 Å². The first-order valence-corrected chi connectivity index (χ1v) is 7.38. The third-order valence-electron chi connectivity index (χ3n) is 3.12. The van der Waals surface area contributed by atoms with Crippen LogP contribution in [0.15, 0.2) is 22.8 Å². The zero-order chi connectivity index (χ0) is 13.0. The van der Waals surface area contributed by atoms with Crippen LogP contribution in [-0.2, 0) is 6.54 Å². The maximum Gasteiger partial charge on any atom is 0.317 e. The summed E-state index contributed by atoms with van der Waals surface area (Å²) in [6, 6.07) is 3.70. The minimum absolute atomic E-state index is 0.0114. The van der Waals surface area contributed by atoms with E-state index in [0.717, 1.165) is 24.6 Å². The largest absolute Gasteiger partial charge is 0.467 e. The lowest BCUT2D eigenvalue weighted by Crippen LogP contribution is -2.47. The molecule has 1 aromatic rings. The van der Waals surface area contributed by atoms with E-state index in [1.54, 1.807) is 6.26 Å². The van der Waals surface area contributed by atoms with Crippen LogP contribution in [0.2, 0.25) is 0 Å². The minimum atomic E-state index is 0.0114. The van der Waals surface area contributed by atoms with Crippen molar-refractivity contribution in [2.24, 2.45) is 5.92 Å². The second kappa shape index (κ2) is 6.18. The highest BCUT2D eigenvalue weighted by Gasteiger charge is 2.25. The highest BCUT2D eigenvalue weighted by Crippen LogP contribution is 2.24. The SMILES string of the molecule is CC(C)[C@@H]1CN(C(=O)NCc2ccco2)CCS1. The van der Waals surface area contributed by atoms with Gasteiger partial charge >= 0.3 is 6.03 Å². The molecule has 0 spiro atoms. The van der Waals surface area contributed by atoms with Crippen molar-refractivity contribution in [3.05, 3.63) is 24.2 Å². The number of nitrogens with one attached hydrogen (secondary N) is 1. The monoisotopic (exact) mass is 268 g/mol. The summed E-state index contributed by atoms with van der Waals surface area (Å²) in [4.78, 5) is 13.9. The second-order valence-electron chi connectivity index (χ2n) is 4.84. The Morgan fingerprint density at radius 3 is 3.17 bits per heavy atom. The molecule has 0 aromatic carbocycles. The number of urea groups is 1. The third kappa shape index (κ3) is 3.45. The topological polar surface area (TPSA) is 45.5 Å². The summed E-state index contributed by atoms with van der Waals surface area (Å²) in [5.74, 6) is 2.42. The number of furan rings is 1. The minimum Gasteiger partial charge on any atom is -0.467 e. The van der Waals surface area contributed by atoms with E-state index in [2.05, 4.69) is 19.2 Å². The first kappa shape index (κ1) is 13.3. The molecule has 0 unspecified atom stereocenters. The molecule has 5 heteroatoms. The van der Waals surface area contributed by atoms with Crippen LogP contribution < -0.4 is 5.32 Å². The summed E-state index contributed by atoms with van der Waals surface area (Å²) in [6.45, 7) is 6.55. The van der Waals surface area contributed by atoms with Crippen molar-refractivity contribution in [2.45, 2.75) is 25.6 Å². The van der Waals surface area contributed by atoms with Crippen LogP contribution in [0.25, 0.3) is 0 Å². The Balaban J connectivity index is 1.81. The van der Waals surface area contributed by atoms with Gasteiger partial charge in [-0.05, 0) is 18.1 Å². The van der Waals surface area contributed by atoms with Gasteiger partial charge in [-0.25, -0.2) is 4.79 Å². The summed E-state index contributed by atoms with van der Waals surface area (Å²) >= 11 is 1.97. The van der Waals surface area contributed by atoms with Crippen LogP contribution in [0.3, 0.4) is 0 Å². The molecule has 2 rings (SSSR count). The van der Waals surface area contributed by atoms with E-state index >= 15 is 0 Å². The average Bonchev–Trinajstić information content (AvgIpc) is 2.89. The summed E-state index contributed by atoms with van der Waals surface area (Å²) in [6.07, 6.45) is 1.62. The molecule has 1 N–H and O–H groups in total. The summed E-state index contributed by atoms with van der Waals surface area (Å²) in [5.41, 5.74) is 0. The van der Waals surface area contributed by atoms with Crippen molar-refractivity contribution in [3.63, 3.8) is 0 Å². The Labute approximate surface area is 112 Å². The van der Waals surface area contributed by atoms with E-state index < -0.39 is 0 Å². The van der Waals surface area contributed by atoms with Crippen molar-refractivity contribution in [1.82, 2.24) is 10.2 Å². The highest BCUT2D eigenvalue weighted by atomic mass is 32.2. The van der Waals surface area contributed by atoms with Crippen LogP contribution in [-0.4, -0.2) is 35.0 Å². The molecule has 1 atom stereocenters. The zero-order valence-electron chi connectivity index (χ0n) is 10.9. The number of carbonyl (C=O) groups is 1. The molecule has 0 bridgehead atoms. The number of rotatable bonds is 3. The van der Waals surface area contributed by atoms with Gasteiger partial charge in [-0.2, -0.15) is 11.8 Å². The summed E-state index contributed by atoms with van der Waals surface area (Å²) < 4.78 is 5.19. The van der Waals surface area contributed by atoms with Gasteiger partial charge in [-0.1, -0.05) is 13.8 Å². The zero-order valence-corrected chi connectivity index (χ0v) is 11.7. The van der Waals surface area contributed by atoms with Crippen molar-refractivity contribution < 1.29 is 9.21 Å². The van der Waals surface area contributed by atoms with E-state index in [9.17, 15) is 4.79 Å². The Morgan fingerprint density at radius 1 is 1.67 bits per heavy atom. The predicted octanol–water partition coefficient (Wildman–Crippen LogP) is 2.56. The van der Waals surface area contributed by atoms with Crippen LogP contribution in [0.4, 0.5) is 4.79 Å². The van der Waals surface area contributed by atoms with E-state index in [1.165, 1.54) is 0 Å². The van der Waals surface area contributed by atoms with Crippen LogP contribution in [0.5, 0.6) is 0 Å². The summed E-state index contributed by atoms with van der Waals surface area (Å²) in [7, 11) is 0. The van der Waals surface area contributed by atoms with Gasteiger partial charge in [0.2, 0.25) is 0 Å². The van der Waals surface area contributed by atoms with E-state index in [1.807, 2.05) is 28.8 Å². The molecule has 0 radical (unpaired) electrons. The van der Waals surface area contributed by atoms with Crippen molar-refractivity contribution in [1.29, 1.82) is 0 Å². The molecule has 2 amide bonds. The molecular formula is C13H20N2O2S. The molecule has 1 aliphatic rings. The van der Waals surface area contributed by atoms with E-state index in [0.29, 0.717) is 17.7 Å². The number of nitrogens with zero attached hydrogens (tertiary/aromatic N) is 1. The van der Waals surface area contributed by atoms with Crippen LogP contribution in [0, 0.1) is 5.92 Å². The molecule has 1 aliphatic heterocycles. The fourth-order valence-electron chi connectivity index (χ4n) is 1.95. The van der Waals surface area contributed by atoms with Crippen LogP contribution in [0.1, 0.15) is 19.6 Å². The Morgan fingerprint density at radius 2 is 2.50 bits per heavy atom. The fraction of sp³-hybridized carbons (Fsp3) is 0.615. The third-order valence-corrected chi connectivity index (χ3v) is 4.66. The summed E-state index contributed by atoms with van der Waals surface area (Å²) in [5, 5.41) is 3.45. The number of hydrogen-bond donors (Lipinski definition) is 1. The first-order valence-electron chi connectivity index (χ1n) is 6.33. The maximum absolute atomic E-state index is 12.0. The predicted molar refractivity (Wildman–Crippen MR) is 73.6 cm³/mol. The van der Waals surface area contributed by atoms with Gasteiger partial charge in [0.05, 0.1) is 12.8 Å². The fourth-order valence-corrected chi connectivity index (χ4v) is 3.25. The maximum atomic E-state index is 12.0. The molecule has 1 fully saturated rings. The van der Waals surface area contributed by atoms with Gasteiger partial charge in [-0.15, -0.1) is 0 Å². The van der Waals surface area contributed by atoms with Gasteiger partial charge in [0.25, 0.3) is 0 Å². The lowest BCUT2D eigenvalue weighted by molar-refractivity contribution is 0.196. The molecule has 18 heavy (non-hydrogen) atoms. The number of amides is 2. The molecule has 2 heterocycles. The Bertz CT molecular complexity index is 378.